The molecular weight excluding hydrogens is 421 g/mol. The van der Waals surface area contributed by atoms with E-state index in [0.29, 0.717) is 31.9 Å². The first-order valence-electron chi connectivity index (χ1n) is 9.50. The van der Waals surface area contributed by atoms with Crippen LogP contribution < -0.4 is 10.5 Å². The van der Waals surface area contributed by atoms with E-state index in [9.17, 15) is 14.0 Å². The van der Waals surface area contributed by atoms with Gasteiger partial charge in [-0.05, 0) is 0 Å². The molecule has 3 N–H and O–H groups in total. The van der Waals surface area contributed by atoms with Gasteiger partial charge in [0.2, 0.25) is 0 Å². The van der Waals surface area contributed by atoms with Crippen LogP contribution in [0.4, 0.5) is 4.39 Å². The number of carbonyl (C=O) groups excluding carboxylic acids is 2. The summed E-state index contributed by atoms with van der Waals surface area (Å²) in [4.78, 5) is 33.3. The van der Waals surface area contributed by atoms with E-state index in [-0.39, 0.29) is 55.9 Å². The van der Waals surface area contributed by atoms with Crippen LogP contribution in [-0.4, -0.2) is 65.5 Å². The van der Waals surface area contributed by atoms with Gasteiger partial charge in [0.1, 0.15) is 24.7 Å². The van der Waals surface area contributed by atoms with Gasteiger partial charge in [0.25, 0.3) is 5.91 Å². The van der Waals surface area contributed by atoms with Crippen LogP contribution in [0.1, 0.15) is 19.4 Å². The summed E-state index contributed by atoms with van der Waals surface area (Å²) in [5.41, 5.74) is 5.91. The molecule has 2 aromatic rings. The Bertz CT molecular complexity index is 948. The molecule has 1 aromatic heterocycles. The van der Waals surface area contributed by atoms with E-state index in [1.165, 1.54) is 24.5 Å². The zero-order valence-corrected chi connectivity index (χ0v) is 16.7. The average Bonchev–Trinajstić information content (AvgIpc) is 2.77. The van der Waals surface area contributed by atoms with E-state index in [4.69, 9.17) is 25.4 Å². The Morgan fingerprint density at radius 3 is 2.56 bits per heavy atom. The van der Waals surface area contributed by atoms with Gasteiger partial charge >= 0.3 is 12.0 Å². The molecule has 0 atom stereocenters. The first-order valence-corrected chi connectivity index (χ1v) is 9.50. The van der Waals surface area contributed by atoms with Crippen LogP contribution in [-0.2, 0) is 25.7 Å². The maximum atomic E-state index is 14.8. The average molecular weight is 447 g/mol. The lowest BCUT2D eigenvalue weighted by atomic mass is 10.1. The first-order chi connectivity index (χ1) is 14.9. The quantitative estimate of drug-likeness (QED) is 0.353. The number of aromatic nitrogens is 2. The summed E-state index contributed by atoms with van der Waals surface area (Å²) in [5, 5.41) is 7.07. The predicted octanol–water partition coefficient (Wildman–Crippen LogP) is 1.53. The van der Waals surface area contributed by atoms with E-state index in [2.05, 4.69) is 9.97 Å². The Morgan fingerprint density at radius 2 is 1.91 bits per heavy atom. The summed E-state index contributed by atoms with van der Waals surface area (Å²) in [6, 6.07) is 4.63. The van der Waals surface area contributed by atoms with Crippen LogP contribution in [0, 0.1) is 11.2 Å². The van der Waals surface area contributed by atoms with Crippen molar-refractivity contribution in [3.8, 4) is 17.1 Å². The molecule has 1 aromatic carbocycles. The van der Waals surface area contributed by atoms with Crippen LogP contribution in [0.25, 0.3) is 11.1 Å². The van der Waals surface area contributed by atoms with Crippen molar-refractivity contribution in [1.29, 1.82) is 5.41 Å². The number of esters is 1. The van der Waals surface area contributed by atoms with E-state index in [1.807, 2.05) is 0 Å². The van der Waals surface area contributed by atoms with Crippen molar-refractivity contribution in [3.63, 3.8) is 0 Å². The third kappa shape index (κ3) is 6.71. The van der Waals surface area contributed by atoms with Gasteiger partial charge in [-0.15, -0.1) is 0 Å². The molecule has 10 nitrogen and oxygen atoms in total. The number of morpholine rings is 1. The fraction of sp³-hybridized carbons (Fsp3) is 0.381. The van der Waals surface area contributed by atoms with Crippen LogP contribution in [0.2, 0.25) is 0 Å². The molecule has 1 aliphatic rings. The molecule has 1 fully saturated rings. The highest BCUT2D eigenvalue weighted by Crippen LogP contribution is 2.25. The second-order valence-electron chi connectivity index (χ2n) is 6.68. The van der Waals surface area contributed by atoms with Crippen molar-refractivity contribution in [3.05, 3.63) is 42.0 Å². The molecule has 0 unspecified atom stereocenters. The number of nitrogens with one attached hydrogen (secondary N) is 1. The second-order valence-corrected chi connectivity index (χ2v) is 6.68. The van der Waals surface area contributed by atoms with Crippen molar-refractivity contribution >= 4 is 17.7 Å². The fourth-order valence-corrected chi connectivity index (χ4v) is 2.84. The minimum Gasteiger partial charge on any atom is -0.460 e. The molecule has 0 aliphatic carbocycles. The van der Waals surface area contributed by atoms with Crippen LogP contribution in [0.5, 0.6) is 6.01 Å². The number of hydrogen-bond acceptors (Lipinski definition) is 8. The topological polar surface area (TPSA) is 141 Å². The van der Waals surface area contributed by atoms with E-state index in [1.54, 1.807) is 11.0 Å². The molecule has 32 heavy (non-hydrogen) atoms. The normalized spacial score (nSPS) is 13.1. The van der Waals surface area contributed by atoms with Gasteiger partial charge in [0, 0.05) is 42.2 Å². The lowest BCUT2D eigenvalue weighted by Crippen LogP contribution is -2.43. The van der Waals surface area contributed by atoms with Crippen molar-refractivity contribution in [2.24, 2.45) is 5.73 Å². The Morgan fingerprint density at radius 1 is 1.22 bits per heavy atom. The molecule has 172 valence electrons. The molecular formula is C21H26FN5O5. The molecule has 1 amide bonds. The van der Waals surface area contributed by atoms with Gasteiger partial charge in [0.05, 0.1) is 13.2 Å². The van der Waals surface area contributed by atoms with E-state index < -0.39 is 11.8 Å². The summed E-state index contributed by atoms with van der Waals surface area (Å²) >= 11 is 0. The molecule has 3 rings (SSSR count). The third-order valence-corrected chi connectivity index (χ3v) is 4.43. The highest BCUT2D eigenvalue weighted by atomic mass is 19.1. The molecule has 1 aliphatic heterocycles. The van der Waals surface area contributed by atoms with Gasteiger partial charge < -0.3 is 24.8 Å². The summed E-state index contributed by atoms with van der Waals surface area (Å²) < 4.78 is 30.3. The maximum absolute atomic E-state index is 14.8. The number of halogens is 1. The molecule has 0 radical (unpaired) electrons. The predicted molar refractivity (Wildman–Crippen MR) is 113 cm³/mol. The molecule has 11 heteroatoms. The Kier molecular flexibility index (Phi) is 9.02. The van der Waals surface area contributed by atoms with E-state index >= 15 is 0 Å². The third-order valence-electron chi connectivity index (χ3n) is 4.43. The Hall–Kier alpha value is -3.60. The number of rotatable bonds is 8. The number of nitrogens with zero attached hydrogens (tertiary/aromatic N) is 3. The molecule has 1 saturated heterocycles. The second kappa shape index (κ2) is 11.7. The van der Waals surface area contributed by atoms with Crippen molar-refractivity contribution < 1.29 is 28.2 Å². The molecule has 0 spiro atoms. The zero-order chi connectivity index (χ0) is 22.2. The van der Waals surface area contributed by atoms with Crippen LogP contribution >= 0.6 is 0 Å². The first kappa shape index (κ1) is 24.7. The van der Waals surface area contributed by atoms with Gasteiger partial charge in [-0.2, -0.15) is 0 Å². The summed E-state index contributed by atoms with van der Waals surface area (Å²) in [6.45, 7) is 1.53. The number of ether oxygens (including phenoxy) is 3. The highest BCUT2D eigenvalue weighted by Gasteiger charge is 2.18. The maximum Gasteiger partial charge on any atom is 0.316 e. The fourth-order valence-electron chi connectivity index (χ4n) is 2.84. The van der Waals surface area contributed by atoms with Gasteiger partial charge in [-0.1, -0.05) is 25.6 Å². The van der Waals surface area contributed by atoms with Gasteiger partial charge in [-0.25, -0.2) is 14.4 Å². The van der Waals surface area contributed by atoms with Crippen LogP contribution in [0.3, 0.4) is 0 Å². The minimum absolute atomic E-state index is 0. The zero-order valence-electron chi connectivity index (χ0n) is 16.7. The number of carbonyl (C=O) groups is 2. The number of amidine groups is 1. The SMILES string of the molecule is C.N=C(N)CC(=O)OCc1cccc(-c2cnc(OCC(=O)N3CCOCC3)nc2)c1F. The summed E-state index contributed by atoms with van der Waals surface area (Å²) in [7, 11) is 0. The largest absolute Gasteiger partial charge is 0.460 e. The number of nitrogens with two attached hydrogens (primary N) is 1. The summed E-state index contributed by atoms with van der Waals surface area (Å²) in [6.07, 6.45) is 2.40. The molecule has 0 bridgehead atoms. The number of benzene rings is 1. The minimum atomic E-state index is -0.714. The lowest BCUT2D eigenvalue weighted by molar-refractivity contribution is -0.143. The highest BCUT2D eigenvalue weighted by molar-refractivity contribution is 5.94. The van der Waals surface area contributed by atoms with Crippen molar-refractivity contribution in [2.75, 3.05) is 32.9 Å². The monoisotopic (exact) mass is 447 g/mol. The molecule has 0 saturated carbocycles. The smallest absolute Gasteiger partial charge is 0.316 e. The Labute approximate surface area is 185 Å². The summed E-state index contributed by atoms with van der Waals surface area (Å²) in [5.74, 6) is -1.81. The number of amides is 1. The number of hydrogen-bond donors (Lipinski definition) is 2. The van der Waals surface area contributed by atoms with Crippen molar-refractivity contribution in [2.45, 2.75) is 20.5 Å². The van der Waals surface area contributed by atoms with E-state index in [0.717, 1.165) is 0 Å². The van der Waals surface area contributed by atoms with Gasteiger partial charge in [0.15, 0.2) is 6.61 Å². The molecule has 2 heterocycles. The Balaban J connectivity index is 0.00000363. The standard InChI is InChI=1S/C20H22FN5O5.CH4/c21-19-13(11-30-18(28)8-16(22)23)2-1-3-15(19)14-9-24-20(25-10-14)31-12-17(27)26-4-6-29-7-5-26;/h1-3,9-10H,4-8,11-12H2,(H3,22,23);1H4. The van der Waals surface area contributed by atoms with Crippen molar-refractivity contribution in [1.82, 2.24) is 14.9 Å². The lowest BCUT2D eigenvalue weighted by Gasteiger charge is -2.26. The van der Waals surface area contributed by atoms with Gasteiger partial charge in [-0.3, -0.25) is 15.0 Å². The van der Waals surface area contributed by atoms with Crippen LogP contribution in [0.15, 0.2) is 30.6 Å².